The molecule has 94 valence electrons. The van der Waals surface area contributed by atoms with Crippen molar-refractivity contribution in [3.05, 3.63) is 18.0 Å². The summed E-state index contributed by atoms with van der Waals surface area (Å²) in [5, 5.41) is 15.3. The van der Waals surface area contributed by atoms with E-state index in [1.165, 1.54) is 10.9 Å². The number of amides is 1. The molecule has 0 bridgehead atoms. The first-order chi connectivity index (χ1) is 7.90. The summed E-state index contributed by atoms with van der Waals surface area (Å²) in [6, 6.07) is -0.859. The van der Waals surface area contributed by atoms with Crippen molar-refractivity contribution in [3.63, 3.8) is 0 Å². The van der Waals surface area contributed by atoms with Crippen molar-refractivity contribution in [1.29, 1.82) is 0 Å². The standard InChI is InChI=1S/C11H17N3O3/c1-7(2)4-9(11(16)17)13-10(15)8-5-12-14(3)6-8/h5-7,9H,4H2,1-3H3,(H,13,15)(H,16,17). The van der Waals surface area contributed by atoms with Gasteiger partial charge in [0.05, 0.1) is 11.8 Å². The molecule has 0 radical (unpaired) electrons. The van der Waals surface area contributed by atoms with Gasteiger partial charge in [-0.1, -0.05) is 13.8 Å². The summed E-state index contributed by atoms with van der Waals surface area (Å²) in [5.74, 6) is -1.23. The first-order valence-corrected chi connectivity index (χ1v) is 5.42. The van der Waals surface area contributed by atoms with Crippen LogP contribution in [0.1, 0.15) is 30.6 Å². The average molecular weight is 239 g/mol. The molecule has 0 saturated carbocycles. The predicted octanol–water partition coefficient (Wildman–Crippen LogP) is 0.649. The molecule has 1 aromatic heterocycles. The molecule has 17 heavy (non-hydrogen) atoms. The lowest BCUT2D eigenvalue weighted by molar-refractivity contribution is -0.139. The highest BCUT2D eigenvalue weighted by molar-refractivity contribution is 5.96. The zero-order chi connectivity index (χ0) is 13.0. The molecule has 1 aromatic rings. The molecule has 6 nitrogen and oxygen atoms in total. The molecular weight excluding hydrogens is 222 g/mol. The van der Waals surface area contributed by atoms with Crippen molar-refractivity contribution >= 4 is 11.9 Å². The van der Waals surface area contributed by atoms with Crippen molar-refractivity contribution in [3.8, 4) is 0 Å². The maximum absolute atomic E-state index is 11.7. The van der Waals surface area contributed by atoms with Crippen LogP contribution in [0.3, 0.4) is 0 Å². The lowest BCUT2D eigenvalue weighted by atomic mass is 10.0. The minimum Gasteiger partial charge on any atom is -0.480 e. The number of hydrogen-bond acceptors (Lipinski definition) is 3. The zero-order valence-electron chi connectivity index (χ0n) is 10.2. The summed E-state index contributed by atoms with van der Waals surface area (Å²) >= 11 is 0. The molecule has 1 amide bonds. The van der Waals surface area contributed by atoms with Gasteiger partial charge in [0.15, 0.2) is 0 Å². The van der Waals surface area contributed by atoms with E-state index in [1.54, 1.807) is 13.2 Å². The number of aryl methyl sites for hydroxylation is 1. The fraction of sp³-hybridized carbons (Fsp3) is 0.545. The van der Waals surface area contributed by atoms with E-state index in [9.17, 15) is 9.59 Å². The molecule has 0 spiro atoms. The summed E-state index contributed by atoms with van der Waals surface area (Å²) in [6.45, 7) is 3.82. The Morgan fingerprint density at radius 1 is 1.53 bits per heavy atom. The molecule has 0 fully saturated rings. The predicted molar refractivity (Wildman–Crippen MR) is 61.6 cm³/mol. The lowest BCUT2D eigenvalue weighted by Gasteiger charge is -2.15. The van der Waals surface area contributed by atoms with Gasteiger partial charge in [-0.2, -0.15) is 5.10 Å². The monoisotopic (exact) mass is 239 g/mol. The Bertz CT molecular complexity index is 412. The second kappa shape index (κ2) is 5.47. The Labute approximate surface area is 99.6 Å². The van der Waals surface area contributed by atoms with Crippen LogP contribution in [0, 0.1) is 5.92 Å². The molecule has 0 aliphatic carbocycles. The largest absolute Gasteiger partial charge is 0.480 e. The van der Waals surface area contributed by atoms with Gasteiger partial charge in [-0.15, -0.1) is 0 Å². The van der Waals surface area contributed by atoms with Gasteiger partial charge in [-0.3, -0.25) is 9.48 Å². The molecule has 1 rings (SSSR count). The van der Waals surface area contributed by atoms with Crippen LogP contribution < -0.4 is 5.32 Å². The third-order valence-electron chi connectivity index (χ3n) is 2.28. The number of carbonyl (C=O) groups is 2. The van der Waals surface area contributed by atoms with Crippen LogP contribution in [0.5, 0.6) is 0 Å². The first-order valence-electron chi connectivity index (χ1n) is 5.42. The molecule has 6 heteroatoms. The summed E-state index contributed by atoms with van der Waals surface area (Å²) in [4.78, 5) is 22.7. The normalized spacial score (nSPS) is 12.5. The number of nitrogens with zero attached hydrogens (tertiary/aromatic N) is 2. The maximum atomic E-state index is 11.7. The Morgan fingerprint density at radius 3 is 2.59 bits per heavy atom. The van der Waals surface area contributed by atoms with Gasteiger partial charge < -0.3 is 10.4 Å². The molecule has 1 unspecified atom stereocenters. The third kappa shape index (κ3) is 3.90. The van der Waals surface area contributed by atoms with E-state index < -0.39 is 17.9 Å². The Morgan fingerprint density at radius 2 is 2.18 bits per heavy atom. The Balaban J connectivity index is 2.67. The van der Waals surface area contributed by atoms with Gasteiger partial charge >= 0.3 is 5.97 Å². The van der Waals surface area contributed by atoms with Crippen LogP contribution in [0.25, 0.3) is 0 Å². The van der Waals surface area contributed by atoms with E-state index in [-0.39, 0.29) is 5.92 Å². The third-order valence-corrected chi connectivity index (χ3v) is 2.28. The van der Waals surface area contributed by atoms with Gasteiger partial charge in [0.25, 0.3) is 5.91 Å². The number of nitrogens with one attached hydrogen (secondary N) is 1. The van der Waals surface area contributed by atoms with Crippen LogP contribution in [-0.2, 0) is 11.8 Å². The number of aromatic nitrogens is 2. The Kier molecular flexibility index (Phi) is 4.25. The van der Waals surface area contributed by atoms with E-state index in [2.05, 4.69) is 10.4 Å². The second-order valence-corrected chi connectivity index (χ2v) is 4.40. The molecule has 0 aliphatic heterocycles. The zero-order valence-corrected chi connectivity index (χ0v) is 10.2. The van der Waals surface area contributed by atoms with Gasteiger partial charge in [-0.25, -0.2) is 4.79 Å². The molecular formula is C11H17N3O3. The molecule has 1 heterocycles. The number of carboxylic acids is 1. The van der Waals surface area contributed by atoms with Crippen molar-refractivity contribution in [1.82, 2.24) is 15.1 Å². The van der Waals surface area contributed by atoms with Gasteiger partial charge in [0.2, 0.25) is 0 Å². The van der Waals surface area contributed by atoms with Crippen molar-refractivity contribution in [2.75, 3.05) is 0 Å². The number of rotatable bonds is 5. The van der Waals surface area contributed by atoms with Crippen molar-refractivity contribution < 1.29 is 14.7 Å². The fourth-order valence-corrected chi connectivity index (χ4v) is 1.47. The topological polar surface area (TPSA) is 84.2 Å². The number of carbonyl (C=O) groups excluding carboxylic acids is 1. The highest BCUT2D eigenvalue weighted by Crippen LogP contribution is 2.06. The summed E-state index contributed by atoms with van der Waals surface area (Å²) in [5.41, 5.74) is 0.363. The highest BCUT2D eigenvalue weighted by Gasteiger charge is 2.22. The summed E-state index contributed by atoms with van der Waals surface area (Å²) in [7, 11) is 1.69. The number of carboxylic acid groups (broad SMARTS) is 1. The average Bonchev–Trinajstić information content (AvgIpc) is 2.63. The van der Waals surface area contributed by atoms with Crippen LogP contribution in [0.2, 0.25) is 0 Å². The fourth-order valence-electron chi connectivity index (χ4n) is 1.47. The van der Waals surface area contributed by atoms with Crippen molar-refractivity contribution in [2.24, 2.45) is 13.0 Å². The van der Waals surface area contributed by atoms with Crippen LogP contribution in [0.15, 0.2) is 12.4 Å². The SMILES string of the molecule is CC(C)CC(NC(=O)c1cnn(C)c1)C(=O)O. The van der Waals surface area contributed by atoms with Crippen LogP contribution in [-0.4, -0.2) is 32.8 Å². The molecule has 1 atom stereocenters. The van der Waals surface area contributed by atoms with E-state index in [0.717, 1.165) is 0 Å². The number of hydrogen-bond donors (Lipinski definition) is 2. The molecule has 0 saturated heterocycles. The van der Waals surface area contributed by atoms with E-state index in [1.807, 2.05) is 13.8 Å². The molecule has 2 N–H and O–H groups in total. The lowest BCUT2D eigenvalue weighted by Crippen LogP contribution is -2.41. The van der Waals surface area contributed by atoms with E-state index in [0.29, 0.717) is 12.0 Å². The van der Waals surface area contributed by atoms with Gasteiger partial charge in [0, 0.05) is 13.2 Å². The highest BCUT2D eigenvalue weighted by atomic mass is 16.4. The van der Waals surface area contributed by atoms with E-state index in [4.69, 9.17) is 5.11 Å². The van der Waals surface area contributed by atoms with Gasteiger partial charge in [0.1, 0.15) is 6.04 Å². The summed E-state index contributed by atoms with van der Waals surface area (Å²) < 4.78 is 1.49. The summed E-state index contributed by atoms with van der Waals surface area (Å²) in [6.07, 6.45) is 3.36. The minimum absolute atomic E-state index is 0.199. The first kappa shape index (κ1) is 13.2. The molecule has 0 aliphatic rings. The maximum Gasteiger partial charge on any atom is 0.326 e. The molecule has 0 aromatic carbocycles. The number of aliphatic carboxylic acids is 1. The van der Waals surface area contributed by atoms with E-state index >= 15 is 0 Å². The second-order valence-electron chi connectivity index (χ2n) is 4.40. The quantitative estimate of drug-likeness (QED) is 0.790. The van der Waals surface area contributed by atoms with Crippen molar-refractivity contribution in [2.45, 2.75) is 26.3 Å². The Hall–Kier alpha value is -1.85. The van der Waals surface area contributed by atoms with Crippen LogP contribution in [0.4, 0.5) is 0 Å². The minimum atomic E-state index is -1.02. The smallest absolute Gasteiger partial charge is 0.326 e. The van der Waals surface area contributed by atoms with Crippen LogP contribution >= 0.6 is 0 Å². The van der Waals surface area contributed by atoms with Gasteiger partial charge in [-0.05, 0) is 12.3 Å².